The van der Waals surface area contributed by atoms with Gasteiger partial charge in [0, 0.05) is 43.2 Å². The fraction of sp³-hybridized carbons (Fsp3) is 0.600. The number of fused-ring (bicyclic) bond motifs is 1. The van der Waals surface area contributed by atoms with Gasteiger partial charge in [-0.3, -0.25) is 4.90 Å². The number of alkyl halides is 4. The fourth-order valence-electron chi connectivity index (χ4n) is 6.36. The lowest BCUT2D eigenvalue weighted by molar-refractivity contribution is -0.137. The molecule has 0 aromatic heterocycles. The van der Waals surface area contributed by atoms with E-state index in [-0.39, 0.29) is 11.8 Å². The Hall–Kier alpha value is -2.58. The van der Waals surface area contributed by atoms with Crippen molar-refractivity contribution < 1.29 is 22.3 Å². The Balaban J connectivity index is 0.000000199. The van der Waals surface area contributed by atoms with Crippen LogP contribution in [0.5, 0.6) is 5.75 Å². The molecule has 3 atom stereocenters. The number of nitrogens with one attached hydrogen (secondary N) is 2. The van der Waals surface area contributed by atoms with Gasteiger partial charge >= 0.3 is 6.18 Å². The molecule has 1 saturated heterocycles. The predicted octanol–water partition coefficient (Wildman–Crippen LogP) is 8.19. The molecule has 2 N–H and O–H groups in total. The van der Waals surface area contributed by atoms with E-state index in [4.69, 9.17) is 4.74 Å². The minimum absolute atomic E-state index is 0.180. The number of nitrogens with zero attached hydrogens (tertiary/aromatic N) is 1. The highest BCUT2D eigenvalue weighted by Gasteiger charge is 2.52. The van der Waals surface area contributed by atoms with Gasteiger partial charge in [-0.1, -0.05) is 51.0 Å². The molecule has 0 radical (unpaired) electrons. The van der Waals surface area contributed by atoms with Gasteiger partial charge in [-0.05, 0) is 93.1 Å². The zero-order chi connectivity index (χ0) is 31.0. The molecule has 2 aromatic carbocycles. The zero-order valence-electron chi connectivity index (χ0n) is 26.0. The van der Waals surface area contributed by atoms with Crippen molar-refractivity contribution in [2.45, 2.75) is 94.9 Å². The van der Waals surface area contributed by atoms with Crippen molar-refractivity contribution in [1.82, 2.24) is 15.5 Å². The summed E-state index contributed by atoms with van der Waals surface area (Å²) in [5.74, 6) is 0.903. The number of methoxy groups -OCH3 is 1. The molecule has 2 fully saturated rings. The number of hydrogen-bond acceptors (Lipinski definition) is 4. The smallest absolute Gasteiger partial charge is 0.416 e. The average molecular weight is 604 g/mol. The maximum Gasteiger partial charge on any atom is 0.416 e. The number of rotatable bonds is 14. The molecule has 43 heavy (non-hydrogen) atoms. The van der Waals surface area contributed by atoms with Crippen LogP contribution in [0.15, 0.2) is 54.7 Å². The van der Waals surface area contributed by atoms with E-state index in [9.17, 15) is 13.2 Å². The maximum absolute atomic E-state index is 16.0. The molecule has 0 amide bonds. The summed E-state index contributed by atoms with van der Waals surface area (Å²) < 4.78 is 58.9. The molecule has 3 aliphatic rings. The van der Waals surface area contributed by atoms with Crippen LogP contribution in [0.1, 0.15) is 99.3 Å². The molecular weight excluding hydrogens is 554 g/mol. The van der Waals surface area contributed by atoms with Crippen molar-refractivity contribution in [3.8, 4) is 5.75 Å². The first kappa shape index (κ1) is 33.3. The minimum atomic E-state index is -4.22. The summed E-state index contributed by atoms with van der Waals surface area (Å²) in [5.41, 5.74) is 1.62. The minimum Gasteiger partial charge on any atom is -0.497 e. The molecule has 1 saturated carbocycles. The summed E-state index contributed by atoms with van der Waals surface area (Å²) >= 11 is 0. The number of benzene rings is 2. The van der Waals surface area contributed by atoms with Gasteiger partial charge in [-0.15, -0.1) is 0 Å². The number of unbranched alkanes of at least 4 members (excludes halogenated alkanes) is 2. The van der Waals surface area contributed by atoms with E-state index in [0.29, 0.717) is 24.8 Å². The van der Waals surface area contributed by atoms with Crippen molar-refractivity contribution in [2.24, 2.45) is 0 Å². The van der Waals surface area contributed by atoms with Gasteiger partial charge in [0.1, 0.15) is 5.75 Å². The summed E-state index contributed by atoms with van der Waals surface area (Å²) in [4.78, 5) is 2.32. The number of halogens is 4. The second-order valence-corrected chi connectivity index (χ2v) is 12.2. The third-order valence-corrected chi connectivity index (χ3v) is 9.29. The highest BCUT2D eigenvalue weighted by molar-refractivity contribution is 5.54. The first-order chi connectivity index (χ1) is 20.6. The summed E-state index contributed by atoms with van der Waals surface area (Å²) in [6, 6.07) is 12.5. The normalized spacial score (nSPS) is 23.1. The number of ether oxygens (including phenoxy) is 1. The van der Waals surface area contributed by atoms with Crippen LogP contribution in [0.2, 0.25) is 0 Å². The summed E-state index contributed by atoms with van der Waals surface area (Å²) in [5, 5.41) is 6.51. The monoisotopic (exact) mass is 603 g/mol. The summed E-state index contributed by atoms with van der Waals surface area (Å²) in [7, 11) is 1.65. The Bertz CT molecular complexity index is 1180. The van der Waals surface area contributed by atoms with Crippen molar-refractivity contribution in [3.63, 3.8) is 0 Å². The van der Waals surface area contributed by atoms with Gasteiger partial charge < -0.3 is 15.4 Å². The third kappa shape index (κ3) is 8.33. The molecule has 4 nitrogen and oxygen atoms in total. The van der Waals surface area contributed by atoms with Crippen LogP contribution in [-0.4, -0.2) is 56.4 Å². The molecule has 0 spiro atoms. The van der Waals surface area contributed by atoms with Gasteiger partial charge in [0.15, 0.2) is 5.67 Å². The van der Waals surface area contributed by atoms with E-state index in [1.807, 2.05) is 31.2 Å². The Morgan fingerprint density at radius 3 is 2.35 bits per heavy atom. The first-order valence-corrected chi connectivity index (χ1v) is 16.0. The van der Waals surface area contributed by atoms with Gasteiger partial charge in [-0.25, -0.2) is 4.39 Å². The molecule has 2 aromatic rings. The van der Waals surface area contributed by atoms with E-state index in [2.05, 4.69) is 29.0 Å². The zero-order valence-corrected chi connectivity index (χ0v) is 26.0. The standard InChI is InChI=1S/C19H27FN2O.C16H22F3N/c1-4-21-14(2)19(20)13-22(16-6-5-7-16)12-18(19)15-8-10-17(23-3)11-9-15;1-2-3-9-20-10-5-4-6-13-14-8-7-12(11-15(13)14)16(17,18)19/h8-11,16,18,21H,2,4-7,12-13H2,1,3H3;7-8,11,13,20H,2-6,9-10H2,1H3/t18-,19?;/m0./s1. The maximum atomic E-state index is 16.0. The lowest BCUT2D eigenvalue weighted by Gasteiger charge is -2.35. The average Bonchev–Trinajstić information content (AvgIpc) is 3.54. The van der Waals surface area contributed by atoms with E-state index >= 15 is 4.39 Å². The van der Waals surface area contributed by atoms with Gasteiger partial charge in [0.2, 0.25) is 0 Å². The van der Waals surface area contributed by atoms with E-state index in [1.54, 1.807) is 13.2 Å². The molecule has 5 rings (SSSR count). The molecular formula is C35H49F4N3O. The molecule has 2 aliphatic carbocycles. The lowest BCUT2D eigenvalue weighted by atomic mass is 9.84. The largest absolute Gasteiger partial charge is 0.497 e. The van der Waals surface area contributed by atoms with Crippen molar-refractivity contribution in [3.05, 3.63) is 77.0 Å². The highest BCUT2D eigenvalue weighted by Crippen LogP contribution is 2.49. The Morgan fingerprint density at radius 2 is 1.74 bits per heavy atom. The number of hydrogen-bond donors (Lipinski definition) is 2. The predicted molar refractivity (Wildman–Crippen MR) is 167 cm³/mol. The van der Waals surface area contributed by atoms with Crippen LogP contribution < -0.4 is 15.4 Å². The van der Waals surface area contributed by atoms with E-state index in [1.165, 1.54) is 44.2 Å². The van der Waals surface area contributed by atoms with Crippen LogP contribution in [0.3, 0.4) is 0 Å². The van der Waals surface area contributed by atoms with Crippen LogP contribution in [-0.2, 0) is 6.18 Å². The second-order valence-electron chi connectivity index (χ2n) is 12.2. The Morgan fingerprint density at radius 1 is 1.02 bits per heavy atom. The van der Waals surface area contributed by atoms with E-state index < -0.39 is 17.4 Å². The molecule has 238 valence electrons. The van der Waals surface area contributed by atoms with E-state index in [0.717, 1.165) is 61.3 Å². The molecule has 0 bridgehead atoms. The van der Waals surface area contributed by atoms with Crippen LogP contribution in [0.4, 0.5) is 17.6 Å². The molecule has 2 unspecified atom stereocenters. The third-order valence-electron chi connectivity index (χ3n) is 9.29. The van der Waals surface area contributed by atoms with Crippen LogP contribution >= 0.6 is 0 Å². The second kappa shape index (κ2) is 14.9. The lowest BCUT2D eigenvalue weighted by Crippen LogP contribution is -2.43. The van der Waals surface area contributed by atoms with Crippen molar-refractivity contribution in [2.75, 3.05) is 39.8 Å². The molecule has 8 heteroatoms. The van der Waals surface area contributed by atoms with Crippen molar-refractivity contribution in [1.29, 1.82) is 0 Å². The highest BCUT2D eigenvalue weighted by atomic mass is 19.4. The van der Waals surface area contributed by atoms with Gasteiger partial charge in [0.25, 0.3) is 0 Å². The van der Waals surface area contributed by atoms with Gasteiger partial charge in [0.05, 0.1) is 12.7 Å². The summed E-state index contributed by atoms with van der Waals surface area (Å²) in [6.07, 6.45) is 4.98. The summed E-state index contributed by atoms with van der Waals surface area (Å²) in [6.45, 7) is 12.1. The van der Waals surface area contributed by atoms with Crippen LogP contribution in [0, 0.1) is 0 Å². The number of likely N-dealkylation sites (tertiary alicyclic amines) is 1. The molecule has 1 aliphatic heterocycles. The van der Waals surface area contributed by atoms with Crippen LogP contribution in [0.25, 0.3) is 0 Å². The quantitative estimate of drug-likeness (QED) is 0.169. The first-order valence-electron chi connectivity index (χ1n) is 16.0. The topological polar surface area (TPSA) is 36.5 Å². The fourth-order valence-corrected chi connectivity index (χ4v) is 6.36. The van der Waals surface area contributed by atoms with Crippen molar-refractivity contribution >= 4 is 0 Å². The molecule has 1 heterocycles. The van der Waals surface area contributed by atoms with Gasteiger partial charge in [-0.2, -0.15) is 13.2 Å². The SMILES string of the molecule is C=C(NCC)C1(F)CN(C2CCC2)C[C@H]1c1ccc(OC)cc1.CCCCNCCCCC1c2ccc(C(F)(F)F)cc21. The Kier molecular flexibility index (Phi) is 11.6. The Labute approximate surface area is 255 Å².